The van der Waals surface area contributed by atoms with Gasteiger partial charge in [0, 0.05) is 22.8 Å². The molecule has 0 saturated carbocycles. The lowest BCUT2D eigenvalue weighted by molar-refractivity contribution is 0.102. The van der Waals surface area contributed by atoms with Crippen LogP contribution >= 0.6 is 15.9 Å². The van der Waals surface area contributed by atoms with E-state index in [1.807, 2.05) is 30.3 Å². The molecule has 0 radical (unpaired) electrons. The predicted molar refractivity (Wildman–Crippen MR) is 89.4 cm³/mol. The van der Waals surface area contributed by atoms with Gasteiger partial charge in [-0.2, -0.15) is 5.10 Å². The minimum atomic E-state index is -0.172. The number of nitrogens with one attached hydrogen (secondary N) is 1. The van der Waals surface area contributed by atoms with Crippen molar-refractivity contribution in [1.29, 1.82) is 0 Å². The Morgan fingerprint density at radius 3 is 2.64 bits per heavy atom. The number of hydrogen-bond donors (Lipinski definition) is 1. The first-order chi connectivity index (χ1) is 10.6. The molecule has 3 rings (SSSR count). The van der Waals surface area contributed by atoms with E-state index in [1.165, 1.54) is 0 Å². The molecule has 2 aromatic carbocycles. The van der Waals surface area contributed by atoms with Gasteiger partial charge in [-0.15, -0.1) is 0 Å². The molecule has 0 aliphatic rings. The number of nitrogens with zero attached hydrogens (tertiary/aromatic N) is 2. The Bertz CT molecular complexity index is 840. The Balaban J connectivity index is 1.89. The smallest absolute Gasteiger partial charge is 0.255 e. The highest BCUT2D eigenvalue weighted by Crippen LogP contribution is 2.25. The molecule has 3 aromatic rings. The number of amides is 1. The fourth-order valence-electron chi connectivity index (χ4n) is 2.30. The number of halogens is 1. The molecular formula is C16H14BrN3O2. The number of rotatable bonds is 3. The van der Waals surface area contributed by atoms with Gasteiger partial charge in [-0.05, 0) is 42.5 Å². The summed E-state index contributed by atoms with van der Waals surface area (Å²) < 4.78 is 7.92. The van der Waals surface area contributed by atoms with Crippen LogP contribution in [0.25, 0.3) is 10.9 Å². The number of carbonyl (C=O) groups is 1. The molecular weight excluding hydrogens is 346 g/mol. The first-order valence-corrected chi connectivity index (χ1v) is 7.45. The van der Waals surface area contributed by atoms with Crippen LogP contribution in [-0.2, 0) is 7.05 Å². The monoisotopic (exact) mass is 359 g/mol. The van der Waals surface area contributed by atoms with E-state index in [4.69, 9.17) is 4.74 Å². The summed E-state index contributed by atoms with van der Waals surface area (Å²) in [6.07, 6.45) is 0. The summed E-state index contributed by atoms with van der Waals surface area (Å²) in [6.45, 7) is 0. The van der Waals surface area contributed by atoms with E-state index in [2.05, 4.69) is 26.3 Å². The molecule has 112 valence electrons. The number of aryl methyl sites for hydroxylation is 1. The van der Waals surface area contributed by atoms with Gasteiger partial charge in [0.25, 0.3) is 5.91 Å². The fraction of sp³-hybridized carbons (Fsp3) is 0.125. The van der Waals surface area contributed by atoms with Gasteiger partial charge in [0.1, 0.15) is 0 Å². The van der Waals surface area contributed by atoms with Gasteiger partial charge >= 0.3 is 0 Å². The van der Waals surface area contributed by atoms with Crippen molar-refractivity contribution in [3.63, 3.8) is 0 Å². The fourth-order valence-corrected chi connectivity index (χ4v) is 2.56. The second kappa shape index (κ2) is 5.81. The van der Waals surface area contributed by atoms with Crippen molar-refractivity contribution in [2.75, 3.05) is 12.4 Å². The number of carbonyl (C=O) groups excluding carboxylic acids is 1. The normalized spacial score (nSPS) is 10.7. The second-order valence-electron chi connectivity index (χ2n) is 4.83. The number of methoxy groups -OCH3 is 1. The largest absolute Gasteiger partial charge is 0.481 e. The predicted octanol–water partition coefficient (Wildman–Crippen LogP) is 3.60. The average molecular weight is 360 g/mol. The highest BCUT2D eigenvalue weighted by molar-refractivity contribution is 9.10. The van der Waals surface area contributed by atoms with Gasteiger partial charge in [0.15, 0.2) is 0 Å². The van der Waals surface area contributed by atoms with Gasteiger partial charge in [-0.1, -0.05) is 15.9 Å². The lowest BCUT2D eigenvalue weighted by Gasteiger charge is -2.05. The van der Waals surface area contributed by atoms with Crippen molar-refractivity contribution in [2.24, 2.45) is 7.05 Å². The summed E-state index contributed by atoms with van der Waals surface area (Å²) >= 11 is 3.36. The maximum Gasteiger partial charge on any atom is 0.255 e. The van der Waals surface area contributed by atoms with E-state index < -0.39 is 0 Å². The summed E-state index contributed by atoms with van der Waals surface area (Å²) in [5, 5.41) is 8.09. The molecule has 1 amide bonds. The molecule has 0 fully saturated rings. The van der Waals surface area contributed by atoms with E-state index in [-0.39, 0.29) is 5.91 Å². The van der Waals surface area contributed by atoms with Crippen LogP contribution in [0.2, 0.25) is 0 Å². The van der Waals surface area contributed by atoms with Gasteiger partial charge in [0.2, 0.25) is 5.88 Å². The maximum absolute atomic E-state index is 12.3. The molecule has 1 heterocycles. The highest BCUT2D eigenvalue weighted by Gasteiger charge is 2.12. The van der Waals surface area contributed by atoms with Crippen LogP contribution in [0.5, 0.6) is 5.88 Å². The third-order valence-corrected chi connectivity index (χ3v) is 3.87. The Hall–Kier alpha value is -2.34. The number of fused-ring (bicyclic) bond motifs is 1. The number of hydrogen-bond acceptors (Lipinski definition) is 3. The quantitative estimate of drug-likeness (QED) is 0.777. The zero-order chi connectivity index (χ0) is 15.7. The Kier molecular flexibility index (Phi) is 3.85. The first kappa shape index (κ1) is 14.6. The van der Waals surface area contributed by atoms with E-state index in [1.54, 1.807) is 31.0 Å². The molecule has 5 nitrogen and oxygen atoms in total. The summed E-state index contributed by atoms with van der Waals surface area (Å²) in [4.78, 5) is 12.3. The molecule has 1 aromatic heterocycles. The third kappa shape index (κ3) is 2.69. The van der Waals surface area contributed by atoms with Crippen molar-refractivity contribution in [1.82, 2.24) is 9.78 Å². The van der Waals surface area contributed by atoms with Gasteiger partial charge in [-0.3, -0.25) is 4.79 Å². The van der Waals surface area contributed by atoms with E-state index >= 15 is 0 Å². The van der Waals surface area contributed by atoms with Gasteiger partial charge in [-0.25, -0.2) is 4.68 Å². The van der Waals surface area contributed by atoms with Gasteiger partial charge in [0.05, 0.1) is 18.0 Å². The number of anilines is 1. The maximum atomic E-state index is 12.3. The van der Waals surface area contributed by atoms with Crippen LogP contribution in [0, 0.1) is 0 Å². The van der Waals surface area contributed by atoms with Crippen LogP contribution < -0.4 is 10.1 Å². The lowest BCUT2D eigenvalue weighted by Crippen LogP contribution is -2.11. The Morgan fingerprint density at radius 1 is 1.23 bits per heavy atom. The molecule has 6 heteroatoms. The second-order valence-corrected chi connectivity index (χ2v) is 5.74. The average Bonchev–Trinajstić information content (AvgIpc) is 2.83. The van der Waals surface area contributed by atoms with Crippen molar-refractivity contribution in [3.05, 3.63) is 52.5 Å². The number of benzene rings is 2. The standard InChI is InChI=1S/C16H14BrN3O2/c1-20-16(22-2)13-8-3-10(9-14(13)19-20)15(21)18-12-6-4-11(17)5-7-12/h3-9H,1-2H3,(H,18,21). The number of aromatic nitrogens is 2. The molecule has 1 N–H and O–H groups in total. The van der Waals surface area contributed by atoms with Crippen molar-refractivity contribution in [3.8, 4) is 5.88 Å². The summed E-state index contributed by atoms with van der Waals surface area (Å²) in [5.74, 6) is 0.503. The van der Waals surface area contributed by atoms with E-state index in [0.29, 0.717) is 11.4 Å². The SMILES string of the molecule is COc1c2ccc(C(=O)Nc3ccc(Br)cc3)cc2nn1C. The van der Waals surface area contributed by atoms with Crippen molar-refractivity contribution < 1.29 is 9.53 Å². The van der Waals surface area contributed by atoms with Crippen molar-refractivity contribution in [2.45, 2.75) is 0 Å². The topological polar surface area (TPSA) is 56.1 Å². The Labute approximate surface area is 136 Å². The highest BCUT2D eigenvalue weighted by atomic mass is 79.9. The first-order valence-electron chi connectivity index (χ1n) is 6.66. The third-order valence-electron chi connectivity index (χ3n) is 3.34. The minimum Gasteiger partial charge on any atom is -0.481 e. The molecule has 0 bridgehead atoms. The molecule has 0 aliphatic heterocycles. The minimum absolute atomic E-state index is 0.172. The molecule has 0 unspecified atom stereocenters. The lowest BCUT2D eigenvalue weighted by atomic mass is 10.1. The summed E-state index contributed by atoms with van der Waals surface area (Å²) in [6, 6.07) is 12.8. The number of ether oxygens (including phenoxy) is 1. The zero-order valence-electron chi connectivity index (χ0n) is 12.1. The molecule has 0 saturated heterocycles. The van der Waals surface area contributed by atoms with E-state index in [0.717, 1.165) is 21.1 Å². The van der Waals surface area contributed by atoms with Crippen LogP contribution in [0.3, 0.4) is 0 Å². The Morgan fingerprint density at radius 2 is 1.95 bits per heavy atom. The molecule has 0 spiro atoms. The van der Waals surface area contributed by atoms with Crippen LogP contribution in [-0.4, -0.2) is 22.8 Å². The molecule has 0 aliphatic carbocycles. The summed E-state index contributed by atoms with van der Waals surface area (Å²) in [5.41, 5.74) is 2.02. The molecule has 22 heavy (non-hydrogen) atoms. The van der Waals surface area contributed by atoms with Crippen LogP contribution in [0.1, 0.15) is 10.4 Å². The van der Waals surface area contributed by atoms with E-state index in [9.17, 15) is 4.79 Å². The molecule has 0 atom stereocenters. The van der Waals surface area contributed by atoms with Crippen LogP contribution in [0.15, 0.2) is 46.9 Å². The van der Waals surface area contributed by atoms with Crippen molar-refractivity contribution >= 4 is 38.4 Å². The zero-order valence-corrected chi connectivity index (χ0v) is 13.7. The van der Waals surface area contributed by atoms with Gasteiger partial charge < -0.3 is 10.1 Å². The summed E-state index contributed by atoms with van der Waals surface area (Å²) in [7, 11) is 3.41. The van der Waals surface area contributed by atoms with Crippen LogP contribution in [0.4, 0.5) is 5.69 Å².